The molecule has 2 atom stereocenters. The van der Waals surface area contributed by atoms with E-state index in [4.69, 9.17) is 0 Å². The molecule has 1 aliphatic heterocycles. The maximum absolute atomic E-state index is 4.19. The summed E-state index contributed by atoms with van der Waals surface area (Å²) in [5.41, 5.74) is 0. The lowest BCUT2D eigenvalue weighted by Gasteiger charge is -2.32. The number of hydrogen-bond donors (Lipinski definition) is 1. The van der Waals surface area contributed by atoms with Crippen molar-refractivity contribution < 1.29 is 0 Å². The van der Waals surface area contributed by atoms with Crippen LogP contribution in [0, 0.1) is 0 Å². The minimum Gasteiger partial charge on any atom is -0.320 e. The Labute approximate surface area is 84.7 Å². The summed E-state index contributed by atoms with van der Waals surface area (Å²) >= 11 is 0. The van der Waals surface area contributed by atoms with Crippen molar-refractivity contribution in [1.29, 1.82) is 0 Å². The summed E-state index contributed by atoms with van der Waals surface area (Å²) in [6, 6.07) is 1.17. The molecule has 4 heteroatoms. The number of hydrogen-bond acceptors (Lipinski definition) is 3. The first-order chi connectivity index (χ1) is 6.66. The smallest absolute Gasteiger partial charge is 0.135 e. The molecular weight excluding hydrogens is 176 g/mol. The number of aryl methyl sites for hydroxylation is 1. The normalized spacial score (nSPS) is 33.2. The van der Waals surface area contributed by atoms with Crippen LogP contribution in [0.15, 0.2) is 6.33 Å². The molecule has 0 aliphatic carbocycles. The third-order valence-corrected chi connectivity index (χ3v) is 2.96. The van der Waals surface area contributed by atoms with Gasteiger partial charge in [0.05, 0.1) is 0 Å². The van der Waals surface area contributed by atoms with Gasteiger partial charge in [-0.15, -0.1) is 10.2 Å². The van der Waals surface area contributed by atoms with Gasteiger partial charge >= 0.3 is 0 Å². The molecular formula is C10H18N4. The van der Waals surface area contributed by atoms with Crippen LogP contribution in [0.5, 0.6) is 0 Å². The second kappa shape index (κ2) is 3.69. The molecule has 1 aromatic heterocycles. The fraction of sp³-hybridized carbons (Fsp3) is 0.800. The third kappa shape index (κ3) is 1.80. The highest BCUT2D eigenvalue weighted by Gasteiger charge is 2.27. The molecule has 0 bridgehead atoms. The van der Waals surface area contributed by atoms with E-state index in [1.165, 1.54) is 0 Å². The number of rotatable bonds is 1. The van der Waals surface area contributed by atoms with Gasteiger partial charge in [-0.2, -0.15) is 0 Å². The van der Waals surface area contributed by atoms with Gasteiger partial charge in [-0.05, 0) is 26.7 Å². The molecule has 2 rings (SSSR count). The lowest BCUT2D eigenvalue weighted by molar-refractivity contribution is 0.306. The van der Waals surface area contributed by atoms with Gasteiger partial charge in [-0.25, -0.2) is 0 Å². The van der Waals surface area contributed by atoms with Gasteiger partial charge in [-0.3, -0.25) is 0 Å². The molecule has 0 saturated carbocycles. The topological polar surface area (TPSA) is 42.7 Å². The zero-order chi connectivity index (χ0) is 10.1. The largest absolute Gasteiger partial charge is 0.320 e. The highest BCUT2D eigenvalue weighted by Crippen LogP contribution is 2.28. The molecule has 0 amide bonds. The van der Waals surface area contributed by atoms with E-state index < -0.39 is 0 Å². The Bertz CT molecular complexity index is 297. The Kier molecular flexibility index (Phi) is 2.54. The second-order valence-electron chi connectivity index (χ2n) is 4.44. The van der Waals surface area contributed by atoms with Gasteiger partial charge in [0.25, 0.3) is 0 Å². The Morgan fingerprint density at radius 1 is 1.36 bits per heavy atom. The summed E-state index contributed by atoms with van der Waals surface area (Å²) in [7, 11) is 2.02. The van der Waals surface area contributed by atoms with Gasteiger partial charge in [-0.1, -0.05) is 0 Å². The van der Waals surface area contributed by atoms with E-state index in [-0.39, 0.29) is 0 Å². The molecule has 0 spiro atoms. The molecule has 1 N–H and O–H groups in total. The van der Waals surface area contributed by atoms with Crippen molar-refractivity contribution in [2.45, 2.75) is 44.7 Å². The highest BCUT2D eigenvalue weighted by atomic mass is 15.2. The van der Waals surface area contributed by atoms with E-state index in [0.29, 0.717) is 18.0 Å². The average molecular weight is 194 g/mol. The molecule has 1 aliphatic rings. The fourth-order valence-electron chi connectivity index (χ4n) is 2.44. The van der Waals surface area contributed by atoms with E-state index in [1.54, 1.807) is 6.33 Å². The quantitative estimate of drug-likeness (QED) is 0.727. The predicted molar refractivity (Wildman–Crippen MR) is 55.0 cm³/mol. The summed E-state index contributed by atoms with van der Waals surface area (Å²) < 4.78 is 2.04. The van der Waals surface area contributed by atoms with Crippen molar-refractivity contribution in [3.63, 3.8) is 0 Å². The molecule has 4 nitrogen and oxygen atoms in total. The Balaban J connectivity index is 2.15. The van der Waals surface area contributed by atoms with Crippen LogP contribution in [0.25, 0.3) is 0 Å². The monoisotopic (exact) mass is 194 g/mol. The lowest BCUT2D eigenvalue weighted by atomic mass is 9.88. The van der Waals surface area contributed by atoms with E-state index in [1.807, 2.05) is 11.6 Å². The molecule has 14 heavy (non-hydrogen) atoms. The van der Waals surface area contributed by atoms with Gasteiger partial charge in [0.15, 0.2) is 0 Å². The second-order valence-corrected chi connectivity index (χ2v) is 4.44. The van der Waals surface area contributed by atoms with Crippen LogP contribution in [0.4, 0.5) is 0 Å². The van der Waals surface area contributed by atoms with E-state index in [0.717, 1.165) is 18.7 Å². The van der Waals surface area contributed by atoms with Crippen molar-refractivity contribution in [2.75, 3.05) is 0 Å². The lowest BCUT2D eigenvalue weighted by Crippen LogP contribution is -2.42. The van der Waals surface area contributed by atoms with Crippen molar-refractivity contribution in [1.82, 2.24) is 20.1 Å². The van der Waals surface area contributed by atoms with E-state index >= 15 is 0 Å². The van der Waals surface area contributed by atoms with Crippen LogP contribution in [-0.2, 0) is 7.05 Å². The summed E-state index contributed by atoms with van der Waals surface area (Å²) in [6.07, 6.45) is 4.11. The van der Waals surface area contributed by atoms with E-state index in [9.17, 15) is 0 Å². The van der Waals surface area contributed by atoms with Crippen molar-refractivity contribution >= 4 is 0 Å². The molecule has 2 unspecified atom stereocenters. The minimum absolute atomic E-state index is 0.564. The maximum Gasteiger partial charge on any atom is 0.135 e. The molecule has 1 fully saturated rings. The van der Waals surface area contributed by atoms with Crippen LogP contribution < -0.4 is 5.32 Å². The number of piperidine rings is 1. The minimum atomic E-state index is 0.564. The Morgan fingerprint density at radius 3 is 2.50 bits per heavy atom. The Hall–Kier alpha value is -0.900. The zero-order valence-electron chi connectivity index (χ0n) is 9.07. The molecule has 2 heterocycles. The molecule has 1 saturated heterocycles. The van der Waals surface area contributed by atoms with Crippen LogP contribution in [-0.4, -0.2) is 26.8 Å². The first-order valence-electron chi connectivity index (χ1n) is 5.26. The van der Waals surface area contributed by atoms with Crippen molar-refractivity contribution in [3.05, 3.63) is 12.2 Å². The first kappa shape index (κ1) is 9.65. The van der Waals surface area contributed by atoms with Gasteiger partial charge < -0.3 is 9.88 Å². The average Bonchev–Trinajstić information content (AvgIpc) is 2.49. The van der Waals surface area contributed by atoms with Gasteiger partial charge in [0.1, 0.15) is 12.2 Å². The molecule has 0 radical (unpaired) electrons. The maximum atomic E-state index is 4.19. The molecule has 0 aromatic carbocycles. The Morgan fingerprint density at radius 2 is 2.00 bits per heavy atom. The summed E-state index contributed by atoms with van der Waals surface area (Å²) in [6.45, 7) is 4.47. The van der Waals surface area contributed by atoms with Gasteiger partial charge in [0.2, 0.25) is 0 Å². The highest BCUT2D eigenvalue weighted by molar-refractivity contribution is 5.01. The van der Waals surface area contributed by atoms with Crippen molar-refractivity contribution in [3.8, 4) is 0 Å². The predicted octanol–water partition coefficient (Wildman–Crippen LogP) is 1.06. The zero-order valence-corrected chi connectivity index (χ0v) is 9.07. The SMILES string of the molecule is CC1CC(c2nncn2C)CC(C)N1. The third-order valence-electron chi connectivity index (χ3n) is 2.96. The van der Waals surface area contributed by atoms with Crippen LogP contribution in [0.3, 0.4) is 0 Å². The van der Waals surface area contributed by atoms with Gasteiger partial charge in [0, 0.05) is 25.0 Å². The molecule has 1 aromatic rings. The fourth-order valence-corrected chi connectivity index (χ4v) is 2.44. The van der Waals surface area contributed by atoms with Crippen molar-refractivity contribution in [2.24, 2.45) is 7.05 Å². The summed E-state index contributed by atoms with van der Waals surface area (Å²) in [4.78, 5) is 0. The summed E-state index contributed by atoms with van der Waals surface area (Å²) in [5.74, 6) is 1.69. The number of nitrogens with zero attached hydrogens (tertiary/aromatic N) is 3. The van der Waals surface area contributed by atoms with E-state index in [2.05, 4.69) is 29.4 Å². The van der Waals surface area contributed by atoms with Crippen LogP contribution in [0.1, 0.15) is 38.4 Å². The van der Waals surface area contributed by atoms with Crippen LogP contribution >= 0.6 is 0 Å². The number of nitrogens with one attached hydrogen (secondary N) is 1. The first-order valence-corrected chi connectivity index (χ1v) is 5.26. The van der Waals surface area contributed by atoms with Crippen LogP contribution in [0.2, 0.25) is 0 Å². The summed E-state index contributed by atoms with van der Waals surface area (Å²) in [5, 5.41) is 11.7. The standard InChI is InChI=1S/C10H18N4/c1-7-4-9(5-8(2)12-7)10-13-11-6-14(10)3/h6-9,12H,4-5H2,1-3H3. The molecule has 78 valence electrons. The number of aromatic nitrogens is 3.